The maximum Gasteiger partial charge on any atom is 0.228 e. The number of carbonyl (C=O) groups excluding carboxylic acids is 2. The molecule has 2 aliphatic heterocycles. The van der Waals surface area contributed by atoms with Gasteiger partial charge in [-0.1, -0.05) is 17.7 Å². The second-order valence-corrected chi connectivity index (χ2v) is 7.57. The molecule has 28 heavy (non-hydrogen) atoms. The summed E-state index contributed by atoms with van der Waals surface area (Å²) in [5.41, 5.74) is 2.02. The van der Waals surface area contributed by atoms with Crippen LogP contribution in [0, 0.1) is 12.8 Å². The van der Waals surface area contributed by atoms with Gasteiger partial charge < -0.3 is 14.5 Å². The summed E-state index contributed by atoms with van der Waals surface area (Å²) in [6.07, 6.45) is 5.43. The minimum atomic E-state index is -0.258. The van der Waals surface area contributed by atoms with Gasteiger partial charge in [0.05, 0.1) is 5.92 Å². The molecule has 1 aromatic heterocycles. The minimum Gasteiger partial charge on any atom is -0.490 e. The monoisotopic (exact) mass is 379 g/mol. The van der Waals surface area contributed by atoms with Crippen LogP contribution in [0.25, 0.3) is 0 Å². The molecule has 6 nitrogen and oxygen atoms in total. The van der Waals surface area contributed by atoms with Gasteiger partial charge in [0.1, 0.15) is 11.9 Å². The molecule has 0 spiro atoms. The highest BCUT2D eigenvalue weighted by atomic mass is 16.5. The molecule has 0 aliphatic carbocycles. The van der Waals surface area contributed by atoms with Crippen molar-refractivity contribution in [3.63, 3.8) is 0 Å². The van der Waals surface area contributed by atoms with E-state index in [1.54, 1.807) is 17.3 Å². The van der Waals surface area contributed by atoms with E-state index in [9.17, 15) is 9.59 Å². The summed E-state index contributed by atoms with van der Waals surface area (Å²) < 4.78 is 5.97. The smallest absolute Gasteiger partial charge is 0.228 e. The Morgan fingerprint density at radius 3 is 2.43 bits per heavy atom. The van der Waals surface area contributed by atoms with Gasteiger partial charge in [-0.2, -0.15) is 0 Å². The molecular weight excluding hydrogens is 354 g/mol. The number of nitrogens with zero attached hydrogens (tertiary/aromatic N) is 3. The maximum absolute atomic E-state index is 12.9. The third kappa shape index (κ3) is 4.01. The first-order chi connectivity index (χ1) is 13.6. The first-order valence-corrected chi connectivity index (χ1v) is 9.82. The summed E-state index contributed by atoms with van der Waals surface area (Å²) in [5, 5.41) is 0. The molecule has 3 heterocycles. The largest absolute Gasteiger partial charge is 0.490 e. The molecule has 1 unspecified atom stereocenters. The van der Waals surface area contributed by atoms with E-state index in [2.05, 4.69) is 4.98 Å². The van der Waals surface area contributed by atoms with E-state index in [4.69, 9.17) is 4.74 Å². The van der Waals surface area contributed by atoms with Crippen LogP contribution >= 0.6 is 0 Å². The SMILES string of the molecule is Cc1ccc(N2CC(C(=O)N3CCC(Oc4ccncc4)CC3)CC2=O)cc1. The summed E-state index contributed by atoms with van der Waals surface area (Å²) in [4.78, 5) is 33.0. The van der Waals surface area contributed by atoms with E-state index < -0.39 is 0 Å². The van der Waals surface area contributed by atoms with Crippen molar-refractivity contribution in [3.05, 3.63) is 54.4 Å². The summed E-state index contributed by atoms with van der Waals surface area (Å²) >= 11 is 0. The van der Waals surface area contributed by atoms with Crippen molar-refractivity contribution in [2.45, 2.75) is 32.3 Å². The fourth-order valence-electron chi connectivity index (χ4n) is 3.91. The van der Waals surface area contributed by atoms with Gasteiger partial charge in [-0.05, 0) is 31.2 Å². The number of aryl methyl sites for hydroxylation is 1. The molecule has 1 aromatic carbocycles. The number of ether oxygens (including phenoxy) is 1. The lowest BCUT2D eigenvalue weighted by molar-refractivity contribution is -0.137. The summed E-state index contributed by atoms with van der Waals surface area (Å²) in [6, 6.07) is 11.6. The Balaban J connectivity index is 1.32. The summed E-state index contributed by atoms with van der Waals surface area (Å²) in [5.74, 6) is 0.671. The number of piperidine rings is 1. The van der Waals surface area contributed by atoms with Gasteiger partial charge in [-0.15, -0.1) is 0 Å². The van der Waals surface area contributed by atoms with E-state index in [1.165, 1.54) is 0 Å². The predicted molar refractivity (Wildman–Crippen MR) is 106 cm³/mol. The molecule has 2 fully saturated rings. The quantitative estimate of drug-likeness (QED) is 0.820. The minimum absolute atomic E-state index is 0.0260. The first kappa shape index (κ1) is 18.5. The molecule has 2 aliphatic rings. The number of pyridine rings is 1. The molecule has 146 valence electrons. The fourth-order valence-corrected chi connectivity index (χ4v) is 3.91. The van der Waals surface area contributed by atoms with Crippen molar-refractivity contribution in [3.8, 4) is 5.75 Å². The van der Waals surface area contributed by atoms with Gasteiger partial charge in [0.15, 0.2) is 0 Å². The number of benzene rings is 1. The first-order valence-electron chi connectivity index (χ1n) is 9.82. The fraction of sp³-hybridized carbons (Fsp3) is 0.409. The highest BCUT2D eigenvalue weighted by molar-refractivity contribution is 6.00. The van der Waals surface area contributed by atoms with E-state index in [0.29, 0.717) is 26.1 Å². The Hall–Kier alpha value is -2.89. The number of hydrogen-bond acceptors (Lipinski definition) is 4. The molecule has 2 saturated heterocycles. The van der Waals surface area contributed by atoms with Gasteiger partial charge in [0.2, 0.25) is 11.8 Å². The maximum atomic E-state index is 12.9. The van der Waals surface area contributed by atoms with Gasteiger partial charge in [-0.25, -0.2) is 0 Å². The van der Waals surface area contributed by atoms with Crippen LogP contribution in [-0.2, 0) is 9.59 Å². The molecule has 2 amide bonds. The van der Waals surface area contributed by atoms with E-state index in [0.717, 1.165) is 29.8 Å². The third-order valence-electron chi connectivity index (χ3n) is 5.53. The number of likely N-dealkylation sites (tertiary alicyclic amines) is 1. The lowest BCUT2D eigenvalue weighted by Gasteiger charge is -2.33. The second-order valence-electron chi connectivity index (χ2n) is 7.57. The van der Waals surface area contributed by atoms with Crippen LogP contribution in [-0.4, -0.2) is 47.4 Å². The van der Waals surface area contributed by atoms with Crippen LogP contribution in [0.2, 0.25) is 0 Å². The Morgan fingerprint density at radius 2 is 1.75 bits per heavy atom. The molecule has 6 heteroatoms. The lowest BCUT2D eigenvalue weighted by atomic mass is 10.0. The van der Waals surface area contributed by atoms with Gasteiger partial charge in [0.25, 0.3) is 0 Å². The van der Waals surface area contributed by atoms with Crippen LogP contribution in [0.3, 0.4) is 0 Å². The summed E-state index contributed by atoms with van der Waals surface area (Å²) in [7, 11) is 0. The second kappa shape index (κ2) is 8.00. The average molecular weight is 379 g/mol. The van der Waals surface area contributed by atoms with E-state index >= 15 is 0 Å². The van der Waals surface area contributed by atoms with Crippen molar-refractivity contribution >= 4 is 17.5 Å². The molecule has 0 bridgehead atoms. The Morgan fingerprint density at radius 1 is 1.07 bits per heavy atom. The molecule has 0 saturated carbocycles. The Labute approximate surface area is 165 Å². The van der Waals surface area contributed by atoms with Gasteiger partial charge in [-0.3, -0.25) is 14.6 Å². The summed E-state index contributed by atoms with van der Waals surface area (Å²) in [6.45, 7) is 3.83. The van der Waals surface area contributed by atoms with Gasteiger partial charge >= 0.3 is 0 Å². The third-order valence-corrected chi connectivity index (χ3v) is 5.53. The average Bonchev–Trinajstić information content (AvgIpc) is 3.11. The zero-order valence-corrected chi connectivity index (χ0v) is 16.1. The number of amides is 2. The van der Waals surface area contributed by atoms with Crippen molar-refractivity contribution < 1.29 is 14.3 Å². The molecular formula is C22H25N3O3. The number of rotatable bonds is 4. The zero-order chi connectivity index (χ0) is 19.5. The van der Waals surface area contributed by atoms with Crippen molar-refractivity contribution in [1.82, 2.24) is 9.88 Å². The van der Waals surface area contributed by atoms with Crippen molar-refractivity contribution in [2.24, 2.45) is 5.92 Å². The normalized spacial score (nSPS) is 20.5. The van der Waals surface area contributed by atoms with Crippen LogP contribution in [0.4, 0.5) is 5.69 Å². The van der Waals surface area contributed by atoms with Crippen LogP contribution in [0.15, 0.2) is 48.8 Å². The number of hydrogen-bond donors (Lipinski definition) is 0. The molecule has 2 aromatic rings. The Kier molecular flexibility index (Phi) is 5.28. The number of anilines is 1. The highest BCUT2D eigenvalue weighted by Gasteiger charge is 2.38. The molecule has 0 N–H and O–H groups in total. The lowest BCUT2D eigenvalue weighted by Crippen LogP contribution is -2.44. The van der Waals surface area contributed by atoms with Crippen LogP contribution < -0.4 is 9.64 Å². The van der Waals surface area contributed by atoms with Crippen molar-refractivity contribution in [1.29, 1.82) is 0 Å². The van der Waals surface area contributed by atoms with Crippen LogP contribution in [0.5, 0.6) is 5.75 Å². The van der Waals surface area contributed by atoms with Gasteiger partial charge in [0, 0.05) is 57.0 Å². The van der Waals surface area contributed by atoms with E-state index in [1.807, 2.05) is 48.2 Å². The molecule has 0 radical (unpaired) electrons. The van der Waals surface area contributed by atoms with Crippen LogP contribution in [0.1, 0.15) is 24.8 Å². The standard InChI is InChI=1S/C22H25N3O3/c1-16-2-4-18(5-3-16)25-15-17(14-21(25)26)22(27)24-12-8-20(9-13-24)28-19-6-10-23-11-7-19/h2-7,10-11,17,20H,8-9,12-15H2,1H3. The Bertz CT molecular complexity index is 830. The molecule has 4 rings (SSSR count). The number of aromatic nitrogens is 1. The highest BCUT2D eigenvalue weighted by Crippen LogP contribution is 2.28. The van der Waals surface area contributed by atoms with Crippen molar-refractivity contribution in [2.75, 3.05) is 24.5 Å². The number of carbonyl (C=O) groups is 2. The predicted octanol–water partition coefficient (Wildman–Crippen LogP) is 2.81. The van der Waals surface area contributed by atoms with E-state index in [-0.39, 0.29) is 23.8 Å². The molecule has 1 atom stereocenters. The zero-order valence-electron chi connectivity index (χ0n) is 16.1. The topological polar surface area (TPSA) is 62.7 Å².